The highest BCUT2D eigenvalue weighted by Gasteiger charge is 1.98. The third-order valence-electron chi connectivity index (χ3n) is 3.55. The lowest BCUT2D eigenvalue weighted by Gasteiger charge is -2.09. The van der Waals surface area contributed by atoms with E-state index < -0.39 is 0 Å². The molecular weight excluding hydrogens is 288 g/mol. The number of rotatable bonds is 10. The molecule has 124 valence electrons. The summed E-state index contributed by atoms with van der Waals surface area (Å²) in [5, 5.41) is 15.2. The Hall–Kier alpha value is -1.88. The molecule has 0 aliphatic carbocycles. The standard InChI is InChI=1S/C19H26N2O2/c1-16-2-4-18(5-3-16)15-23-19-8-6-17(7-9-19)14-21-11-10-20-12-13-22/h2-9,20-22H,10-15H2,1H3. The fourth-order valence-corrected chi connectivity index (χ4v) is 2.17. The molecule has 0 heterocycles. The second-order valence-electron chi connectivity index (χ2n) is 5.57. The lowest BCUT2D eigenvalue weighted by molar-refractivity contribution is 0.292. The minimum Gasteiger partial charge on any atom is -0.489 e. The molecule has 0 atom stereocenters. The highest BCUT2D eigenvalue weighted by Crippen LogP contribution is 2.14. The van der Waals surface area contributed by atoms with Crippen molar-refractivity contribution in [3.8, 4) is 5.75 Å². The van der Waals surface area contributed by atoms with Crippen LogP contribution in [0.1, 0.15) is 16.7 Å². The Kier molecular flexibility index (Phi) is 7.60. The number of aliphatic hydroxyl groups excluding tert-OH is 1. The summed E-state index contributed by atoms with van der Waals surface area (Å²) in [7, 11) is 0. The van der Waals surface area contributed by atoms with Crippen molar-refractivity contribution in [2.45, 2.75) is 20.1 Å². The molecule has 0 saturated carbocycles. The quantitative estimate of drug-likeness (QED) is 0.589. The van der Waals surface area contributed by atoms with Gasteiger partial charge in [-0.3, -0.25) is 0 Å². The third kappa shape index (κ3) is 6.82. The van der Waals surface area contributed by atoms with Crippen LogP contribution in [0.3, 0.4) is 0 Å². The van der Waals surface area contributed by atoms with Crippen molar-refractivity contribution in [1.29, 1.82) is 0 Å². The van der Waals surface area contributed by atoms with Crippen LogP contribution in [0.4, 0.5) is 0 Å². The van der Waals surface area contributed by atoms with E-state index in [2.05, 4.69) is 54.0 Å². The maximum absolute atomic E-state index is 8.66. The molecular formula is C19H26N2O2. The first-order valence-corrected chi connectivity index (χ1v) is 8.07. The van der Waals surface area contributed by atoms with Gasteiger partial charge in [-0.1, -0.05) is 42.0 Å². The van der Waals surface area contributed by atoms with Crippen molar-refractivity contribution in [1.82, 2.24) is 10.6 Å². The van der Waals surface area contributed by atoms with Crippen molar-refractivity contribution in [2.24, 2.45) is 0 Å². The van der Waals surface area contributed by atoms with Crippen molar-refractivity contribution in [2.75, 3.05) is 26.2 Å². The fourth-order valence-electron chi connectivity index (χ4n) is 2.17. The lowest BCUT2D eigenvalue weighted by Crippen LogP contribution is -2.28. The van der Waals surface area contributed by atoms with Crippen LogP contribution in [-0.4, -0.2) is 31.3 Å². The average molecular weight is 314 g/mol. The lowest BCUT2D eigenvalue weighted by atomic mass is 10.2. The van der Waals surface area contributed by atoms with Gasteiger partial charge >= 0.3 is 0 Å². The van der Waals surface area contributed by atoms with Gasteiger partial charge in [-0.2, -0.15) is 0 Å². The first-order chi connectivity index (χ1) is 11.3. The highest BCUT2D eigenvalue weighted by molar-refractivity contribution is 5.28. The molecule has 2 rings (SSSR count). The van der Waals surface area contributed by atoms with Crippen molar-refractivity contribution in [3.05, 3.63) is 65.2 Å². The molecule has 0 spiro atoms. The molecule has 0 aromatic heterocycles. The van der Waals surface area contributed by atoms with E-state index in [1.54, 1.807) is 0 Å². The molecule has 0 aliphatic heterocycles. The summed E-state index contributed by atoms with van der Waals surface area (Å²) < 4.78 is 5.80. The monoisotopic (exact) mass is 314 g/mol. The highest BCUT2D eigenvalue weighted by atomic mass is 16.5. The first kappa shape index (κ1) is 17.5. The molecule has 3 N–H and O–H groups in total. The topological polar surface area (TPSA) is 53.5 Å². The van der Waals surface area contributed by atoms with Crippen LogP contribution < -0.4 is 15.4 Å². The molecule has 0 bridgehead atoms. The van der Waals surface area contributed by atoms with E-state index in [0.717, 1.165) is 25.4 Å². The van der Waals surface area contributed by atoms with Crippen LogP contribution in [0, 0.1) is 6.92 Å². The second-order valence-corrected chi connectivity index (χ2v) is 5.57. The summed E-state index contributed by atoms with van der Waals surface area (Å²) in [5.41, 5.74) is 3.67. The van der Waals surface area contributed by atoms with Gasteiger partial charge in [0.15, 0.2) is 0 Å². The van der Waals surface area contributed by atoms with E-state index in [4.69, 9.17) is 9.84 Å². The molecule has 0 amide bonds. The zero-order valence-corrected chi connectivity index (χ0v) is 13.7. The number of nitrogens with one attached hydrogen (secondary N) is 2. The van der Waals surface area contributed by atoms with Gasteiger partial charge in [0, 0.05) is 26.2 Å². The first-order valence-electron chi connectivity index (χ1n) is 8.07. The van der Waals surface area contributed by atoms with E-state index in [1.807, 2.05) is 12.1 Å². The molecule has 0 radical (unpaired) electrons. The van der Waals surface area contributed by atoms with E-state index in [0.29, 0.717) is 13.2 Å². The average Bonchev–Trinajstić information content (AvgIpc) is 2.58. The predicted molar refractivity (Wildman–Crippen MR) is 93.6 cm³/mol. The van der Waals surface area contributed by atoms with E-state index >= 15 is 0 Å². The Morgan fingerprint density at radius 3 is 2.17 bits per heavy atom. The number of hydrogen-bond donors (Lipinski definition) is 3. The van der Waals surface area contributed by atoms with Gasteiger partial charge in [-0.15, -0.1) is 0 Å². The van der Waals surface area contributed by atoms with Crippen LogP contribution in [0.15, 0.2) is 48.5 Å². The van der Waals surface area contributed by atoms with Gasteiger partial charge in [0.05, 0.1) is 6.61 Å². The van der Waals surface area contributed by atoms with Crippen LogP contribution in [0.25, 0.3) is 0 Å². The number of benzene rings is 2. The number of ether oxygens (including phenoxy) is 1. The van der Waals surface area contributed by atoms with Crippen LogP contribution in [-0.2, 0) is 13.2 Å². The molecule has 0 aliphatic rings. The summed E-state index contributed by atoms with van der Waals surface area (Å²) in [6.45, 7) is 6.08. The molecule has 0 fully saturated rings. The van der Waals surface area contributed by atoms with Gasteiger partial charge in [-0.25, -0.2) is 0 Å². The predicted octanol–water partition coefficient (Wildman–Crippen LogP) is 2.25. The minimum absolute atomic E-state index is 0.185. The SMILES string of the molecule is Cc1ccc(COc2ccc(CNCCNCCO)cc2)cc1. The van der Waals surface area contributed by atoms with Crippen molar-refractivity contribution in [3.63, 3.8) is 0 Å². The number of aliphatic hydroxyl groups is 1. The third-order valence-corrected chi connectivity index (χ3v) is 3.55. The Balaban J connectivity index is 1.68. The number of aryl methyl sites for hydroxylation is 1. The van der Waals surface area contributed by atoms with Crippen molar-refractivity contribution < 1.29 is 9.84 Å². The Morgan fingerprint density at radius 2 is 1.48 bits per heavy atom. The Bertz CT molecular complexity index is 553. The normalized spacial score (nSPS) is 10.7. The Morgan fingerprint density at radius 1 is 0.826 bits per heavy atom. The second kappa shape index (κ2) is 10.0. The summed E-state index contributed by atoms with van der Waals surface area (Å²) in [6, 6.07) is 16.6. The van der Waals surface area contributed by atoms with Gasteiger partial charge < -0.3 is 20.5 Å². The summed E-state index contributed by atoms with van der Waals surface area (Å²) in [5.74, 6) is 0.888. The van der Waals surface area contributed by atoms with Crippen molar-refractivity contribution >= 4 is 0 Å². The molecule has 4 heteroatoms. The van der Waals surface area contributed by atoms with Gasteiger partial charge in [0.1, 0.15) is 12.4 Å². The molecule has 23 heavy (non-hydrogen) atoms. The van der Waals surface area contributed by atoms with E-state index in [1.165, 1.54) is 16.7 Å². The fraction of sp³-hybridized carbons (Fsp3) is 0.368. The van der Waals surface area contributed by atoms with E-state index in [9.17, 15) is 0 Å². The minimum atomic E-state index is 0.185. The summed E-state index contributed by atoms with van der Waals surface area (Å²) >= 11 is 0. The molecule has 2 aromatic carbocycles. The molecule has 2 aromatic rings. The van der Waals surface area contributed by atoms with Crippen LogP contribution >= 0.6 is 0 Å². The largest absolute Gasteiger partial charge is 0.489 e. The molecule has 0 saturated heterocycles. The number of hydrogen-bond acceptors (Lipinski definition) is 4. The van der Waals surface area contributed by atoms with Gasteiger partial charge in [0.25, 0.3) is 0 Å². The zero-order chi connectivity index (χ0) is 16.3. The summed E-state index contributed by atoms with van der Waals surface area (Å²) in [4.78, 5) is 0. The molecule has 0 unspecified atom stereocenters. The van der Waals surface area contributed by atoms with Gasteiger partial charge in [0.2, 0.25) is 0 Å². The molecule has 4 nitrogen and oxygen atoms in total. The van der Waals surface area contributed by atoms with Crippen LogP contribution in [0.5, 0.6) is 5.75 Å². The zero-order valence-electron chi connectivity index (χ0n) is 13.7. The van der Waals surface area contributed by atoms with E-state index in [-0.39, 0.29) is 6.61 Å². The van der Waals surface area contributed by atoms with Crippen LogP contribution in [0.2, 0.25) is 0 Å². The smallest absolute Gasteiger partial charge is 0.119 e. The maximum atomic E-state index is 8.66. The summed E-state index contributed by atoms with van der Waals surface area (Å²) in [6.07, 6.45) is 0. The Labute approximate surface area is 138 Å². The maximum Gasteiger partial charge on any atom is 0.119 e. The van der Waals surface area contributed by atoms with Gasteiger partial charge in [-0.05, 0) is 30.2 Å².